The number of benzene rings is 1. The van der Waals surface area contributed by atoms with Crippen molar-refractivity contribution in [2.75, 3.05) is 18.4 Å². The molecular weight excluding hydrogens is 430 g/mol. The number of aromatic nitrogens is 1. The van der Waals surface area contributed by atoms with Crippen LogP contribution in [0.15, 0.2) is 70.4 Å². The molecule has 1 fully saturated rings. The first-order valence-corrected chi connectivity index (χ1v) is 12.0. The lowest BCUT2D eigenvalue weighted by atomic mass is 10.2. The standard InChI is InChI=1S/C23H25N3O5S/c27-23(25-19-6-5-13-24-16-19)18-7-9-20(10-8-18)30-17-21-11-12-22(31-21)32(28,29)26-14-3-1-2-4-15-26/h5-13,16H,1-4,14-15,17H2,(H,25,27). The fourth-order valence-corrected chi connectivity index (χ4v) is 4.93. The molecule has 4 rings (SSSR count). The Labute approximate surface area is 187 Å². The number of carbonyl (C=O) groups excluding carboxylic acids is 1. The van der Waals surface area contributed by atoms with Gasteiger partial charge in [-0.05, 0) is 61.4 Å². The highest BCUT2D eigenvalue weighted by molar-refractivity contribution is 7.89. The van der Waals surface area contributed by atoms with Crippen LogP contribution in [0.2, 0.25) is 0 Å². The van der Waals surface area contributed by atoms with Gasteiger partial charge in [-0.1, -0.05) is 12.8 Å². The van der Waals surface area contributed by atoms with E-state index in [1.807, 2.05) is 0 Å². The van der Waals surface area contributed by atoms with Gasteiger partial charge in [0.25, 0.3) is 15.9 Å². The van der Waals surface area contributed by atoms with Gasteiger partial charge in [-0.25, -0.2) is 8.42 Å². The molecular formula is C23H25N3O5S. The predicted molar refractivity (Wildman–Crippen MR) is 119 cm³/mol. The summed E-state index contributed by atoms with van der Waals surface area (Å²) in [6.45, 7) is 1.13. The Morgan fingerprint density at radius 2 is 1.78 bits per heavy atom. The Bertz CT molecular complexity index is 1140. The molecule has 0 bridgehead atoms. The third-order valence-corrected chi connectivity index (χ3v) is 6.99. The lowest BCUT2D eigenvalue weighted by molar-refractivity contribution is 0.102. The van der Waals surface area contributed by atoms with Gasteiger partial charge in [0.1, 0.15) is 18.1 Å². The van der Waals surface area contributed by atoms with Gasteiger partial charge in [0, 0.05) is 24.8 Å². The van der Waals surface area contributed by atoms with Gasteiger partial charge < -0.3 is 14.5 Å². The third kappa shape index (κ3) is 5.35. The maximum Gasteiger partial charge on any atom is 0.276 e. The fraction of sp³-hybridized carbons (Fsp3) is 0.304. The number of rotatable bonds is 7. The van der Waals surface area contributed by atoms with E-state index in [2.05, 4.69) is 10.3 Å². The monoisotopic (exact) mass is 455 g/mol. The molecule has 1 N–H and O–H groups in total. The Morgan fingerprint density at radius 3 is 2.47 bits per heavy atom. The van der Waals surface area contributed by atoms with Crippen molar-refractivity contribution < 1.29 is 22.4 Å². The molecule has 9 heteroatoms. The van der Waals surface area contributed by atoms with E-state index in [1.54, 1.807) is 54.9 Å². The van der Waals surface area contributed by atoms with Crippen molar-refractivity contribution in [2.24, 2.45) is 0 Å². The molecule has 3 heterocycles. The molecule has 3 aromatic rings. The third-order valence-electron chi connectivity index (χ3n) is 5.21. The average Bonchev–Trinajstić information content (AvgIpc) is 3.12. The molecule has 0 spiro atoms. The number of anilines is 1. The Kier molecular flexibility index (Phi) is 6.87. The molecule has 1 aromatic carbocycles. The van der Waals surface area contributed by atoms with Crippen molar-refractivity contribution in [3.8, 4) is 5.75 Å². The van der Waals surface area contributed by atoms with Crippen LogP contribution in [0.3, 0.4) is 0 Å². The summed E-state index contributed by atoms with van der Waals surface area (Å²) in [7, 11) is -3.63. The molecule has 0 atom stereocenters. The molecule has 2 aromatic heterocycles. The number of nitrogens with zero attached hydrogens (tertiary/aromatic N) is 2. The number of ether oxygens (including phenoxy) is 1. The maximum atomic E-state index is 12.8. The quantitative estimate of drug-likeness (QED) is 0.576. The number of carbonyl (C=O) groups is 1. The van der Waals surface area contributed by atoms with Gasteiger partial charge in [0.15, 0.2) is 0 Å². The number of pyridine rings is 1. The molecule has 0 saturated carbocycles. The van der Waals surface area contributed by atoms with E-state index in [-0.39, 0.29) is 17.6 Å². The summed E-state index contributed by atoms with van der Waals surface area (Å²) in [5, 5.41) is 2.71. The molecule has 0 radical (unpaired) electrons. The van der Waals surface area contributed by atoms with Gasteiger partial charge in [0.05, 0.1) is 11.9 Å². The minimum absolute atomic E-state index is 0.0552. The number of hydrogen-bond donors (Lipinski definition) is 1. The van der Waals surface area contributed by atoms with Gasteiger partial charge in [-0.2, -0.15) is 4.31 Å². The predicted octanol–water partition coefficient (Wildman–Crippen LogP) is 4.07. The maximum absolute atomic E-state index is 12.8. The van der Waals surface area contributed by atoms with Crippen molar-refractivity contribution in [1.82, 2.24) is 9.29 Å². The van der Waals surface area contributed by atoms with Gasteiger partial charge >= 0.3 is 0 Å². The topological polar surface area (TPSA) is 102 Å². The van der Waals surface area contributed by atoms with Crippen LogP contribution in [0.4, 0.5) is 5.69 Å². The Balaban J connectivity index is 1.34. The zero-order valence-electron chi connectivity index (χ0n) is 17.6. The summed E-state index contributed by atoms with van der Waals surface area (Å²) in [5.41, 5.74) is 1.09. The van der Waals surface area contributed by atoms with E-state index in [0.717, 1.165) is 25.7 Å². The summed E-state index contributed by atoms with van der Waals surface area (Å²) in [4.78, 5) is 16.3. The van der Waals surface area contributed by atoms with Crippen molar-refractivity contribution >= 4 is 21.6 Å². The van der Waals surface area contributed by atoms with Crippen LogP contribution in [-0.2, 0) is 16.6 Å². The first-order valence-electron chi connectivity index (χ1n) is 10.6. The molecule has 1 aliphatic heterocycles. The Hall–Kier alpha value is -3.17. The lowest BCUT2D eigenvalue weighted by Crippen LogP contribution is -2.31. The van der Waals surface area contributed by atoms with E-state index < -0.39 is 10.0 Å². The first kappa shape index (κ1) is 22.0. The first-order chi connectivity index (χ1) is 15.5. The fourth-order valence-electron chi connectivity index (χ4n) is 3.48. The zero-order chi connectivity index (χ0) is 22.4. The number of sulfonamides is 1. The normalized spacial score (nSPS) is 15.1. The van der Waals surface area contributed by atoms with Crippen LogP contribution in [0, 0.1) is 0 Å². The summed E-state index contributed by atoms with van der Waals surface area (Å²) >= 11 is 0. The second-order valence-corrected chi connectivity index (χ2v) is 9.42. The molecule has 1 aliphatic rings. The molecule has 32 heavy (non-hydrogen) atoms. The van der Waals surface area contributed by atoms with Gasteiger partial charge in [0.2, 0.25) is 5.09 Å². The van der Waals surface area contributed by atoms with Crippen LogP contribution >= 0.6 is 0 Å². The van der Waals surface area contributed by atoms with Gasteiger partial charge in [-0.3, -0.25) is 9.78 Å². The summed E-state index contributed by atoms with van der Waals surface area (Å²) in [6, 6.07) is 13.2. The summed E-state index contributed by atoms with van der Waals surface area (Å²) < 4.78 is 38.4. The number of amides is 1. The molecule has 8 nitrogen and oxygen atoms in total. The van der Waals surface area contributed by atoms with E-state index in [1.165, 1.54) is 10.4 Å². The Morgan fingerprint density at radius 1 is 1.03 bits per heavy atom. The van der Waals surface area contributed by atoms with Crippen molar-refractivity contribution in [2.45, 2.75) is 37.4 Å². The second-order valence-electron chi connectivity index (χ2n) is 7.55. The largest absolute Gasteiger partial charge is 0.486 e. The minimum atomic E-state index is -3.63. The highest BCUT2D eigenvalue weighted by atomic mass is 32.2. The van der Waals surface area contributed by atoms with Crippen molar-refractivity contribution in [3.05, 3.63) is 72.2 Å². The number of nitrogens with one attached hydrogen (secondary N) is 1. The molecule has 1 amide bonds. The lowest BCUT2D eigenvalue weighted by Gasteiger charge is -2.17. The van der Waals surface area contributed by atoms with E-state index in [0.29, 0.717) is 35.9 Å². The number of hydrogen-bond acceptors (Lipinski definition) is 6. The average molecular weight is 456 g/mol. The van der Waals surface area contributed by atoms with Crippen molar-refractivity contribution in [3.63, 3.8) is 0 Å². The SMILES string of the molecule is O=C(Nc1cccnc1)c1ccc(OCc2ccc(S(=O)(=O)N3CCCCCC3)o2)cc1. The minimum Gasteiger partial charge on any atom is -0.486 e. The van der Waals surface area contributed by atoms with E-state index >= 15 is 0 Å². The highest BCUT2D eigenvalue weighted by Crippen LogP contribution is 2.23. The summed E-state index contributed by atoms with van der Waals surface area (Å²) in [5.74, 6) is 0.701. The van der Waals surface area contributed by atoms with Crippen LogP contribution < -0.4 is 10.1 Å². The highest BCUT2D eigenvalue weighted by Gasteiger charge is 2.28. The van der Waals surface area contributed by atoms with Crippen LogP contribution in [0.25, 0.3) is 0 Å². The van der Waals surface area contributed by atoms with Crippen LogP contribution in [0.5, 0.6) is 5.75 Å². The zero-order valence-corrected chi connectivity index (χ0v) is 18.4. The van der Waals surface area contributed by atoms with Crippen LogP contribution in [-0.4, -0.2) is 36.7 Å². The van der Waals surface area contributed by atoms with Crippen LogP contribution in [0.1, 0.15) is 41.8 Å². The van der Waals surface area contributed by atoms with Crippen molar-refractivity contribution in [1.29, 1.82) is 0 Å². The molecule has 1 saturated heterocycles. The second kappa shape index (κ2) is 9.97. The molecule has 168 valence electrons. The molecule has 0 unspecified atom stereocenters. The van der Waals surface area contributed by atoms with E-state index in [9.17, 15) is 13.2 Å². The van der Waals surface area contributed by atoms with Gasteiger partial charge in [-0.15, -0.1) is 0 Å². The molecule has 0 aliphatic carbocycles. The smallest absolute Gasteiger partial charge is 0.276 e. The van der Waals surface area contributed by atoms with E-state index in [4.69, 9.17) is 9.15 Å². The summed E-state index contributed by atoms with van der Waals surface area (Å²) in [6.07, 6.45) is 7.03. The number of furan rings is 1.